The molecule has 0 N–H and O–H groups in total. The molecular formula is C28H30N2O2S2. The topological polar surface area (TPSA) is 40.6 Å². The van der Waals surface area contributed by atoms with Gasteiger partial charge in [0.2, 0.25) is 5.91 Å². The number of piperidine rings is 1. The maximum Gasteiger partial charge on any atom is 0.266 e. The Morgan fingerprint density at radius 2 is 1.71 bits per heavy atom. The van der Waals surface area contributed by atoms with Gasteiger partial charge in [-0.1, -0.05) is 96.8 Å². The van der Waals surface area contributed by atoms with Crippen molar-refractivity contribution in [2.24, 2.45) is 5.92 Å². The molecule has 2 fully saturated rings. The molecule has 4 nitrogen and oxygen atoms in total. The molecule has 0 radical (unpaired) electrons. The molecule has 2 heterocycles. The number of thioether (sulfide) groups is 1. The van der Waals surface area contributed by atoms with Crippen molar-refractivity contribution in [1.29, 1.82) is 0 Å². The van der Waals surface area contributed by atoms with Crippen molar-refractivity contribution in [2.75, 3.05) is 19.6 Å². The summed E-state index contributed by atoms with van der Waals surface area (Å²) in [5.41, 5.74) is 2.46. The van der Waals surface area contributed by atoms with Crippen molar-refractivity contribution < 1.29 is 9.59 Å². The first-order chi connectivity index (χ1) is 16.6. The number of thiocarbonyl (C=S) groups is 1. The van der Waals surface area contributed by atoms with Crippen LogP contribution in [0.25, 0.3) is 6.08 Å². The highest BCUT2D eigenvalue weighted by molar-refractivity contribution is 8.26. The molecule has 0 saturated carbocycles. The molecule has 0 aromatic heterocycles. The number of benzene rings is 2. The van der Waals surface area contributed by atoms with Crippen molar-refractivity contribution in [3.05, 3.63) is 88.8 Å². The number of likely N-dealkylation sites (tertiary alicyclic amines) is 1. The average molecular weight is 491 g/mol. The van der Waals surface area contributed by atoms with E-state index in [1.807, 2.05) is 59.5 Å². The standard InChI is InChI=1S/C28H30N2O2S2/c31-26(29-19-16-24(17-20-29)21-23-11-5-2-6-12-23)15-8-18-30-27(32)25(34-28(30)33)14-7-13-22-9-3-1-4-10-22/h1-7,9-14,24H,8,15-21H2/b13-7+,25-14-. The second-order valence-electron chi connectivity index (χ2n) is 8.74. The summed E-state index contributed by atoms with van der Waals surface area (Å²) in [6.07, 6.45) is 9.94. The van der Waals surface area contributed by atoms with Gasteiger partial charge in [0.15, 0.2) is 0 Å². The van der Waals surface area contributed by atoms with Gasteiger partial charge in [0.25, 0.3) is 5.91 Å². The Morgan fingerprint density at radius 1 is 1.03 bits per heavy atom. The number of carbonyl (C=O) groups excluding carboxylic acids is 2. The van der Waals surface area contributed by atoms with Gasteiger partial charge in [0, 0.05) is 26.1 Å². The summed E-state index contributed by atoms with van der Waals surface area (Å²) in [4.78, 5) is 29.7. The molecule has 176 valence electrons. The van der Waals surface area contributed by atoms with Crippen LogP contribution in [0.15, 0.2) is 77.7 Å². The molecule has 0 unspecified atom stereocenters. The van der Waals surface area contributed by atoms with E-state index in [1.54, 1.807) is 4.90 Å². The van der Waals surface area contributed by atoms with Crippen LogP contribution in [0, 0.1) is 5.92 Å². The predicted octanol–water partition coefficient (Wildman–Crippen LogP) is 5.71. The lowest BCUT2D eigenvalue weighted by Gasteiger charge is -2.32. The number of rotatable bonds is 8. The average Bonchev–Trinajstić information content (AvgIpc) is 3.13. The summed E-state index contributed by atoms with van der Waals surface area (Å²) < 4.78 is 0.568. The number of allylic oxidation sites excluding steroid dienone is 2. The van der Waals surface area contributed by atoms with E-state index in [1.165, 1.54) is 17.3 Å². The summed E-state index contributed by atoms with van der Waals surface area (Å²) in [5, 5.41) is 0. The second kappa shape index (κ2) is 12.1. The molecule has 2 saturated heterocycles. The summed E-state index contributed by atoms with van der Waals surface area (Å²) in [7, 11) is 0. The van der Waals surface area contributed by atoms with E-state index < -0.39 is 0 Å². The quantitative estimate of drug-likeness (QED) is 0.351. The molecule has 2 aromatic carbocycles. The molecule has 6 heteroatoms. The Kier molecular flexibility index (Phi) is 8.72. The fraction of sp³-hybridized carbons (Fsp3) is 0.321. The SMILES string of the molecule is O=C(CCCN1C(=O)/C(=C/C=C/c2ccccc2)SC1=S)N1CCC(Cc2ccccc2)CC1. The van der Waals surface area contributed by atoms with Crippen molar-refractivity contribution >= 4 is 46.2 Å². The van der Waals surface area contributed by atoms with E-state index in [4.69, 9.17) is 12.2 Å². The number of hydrogen-bond donors (Lipinski definition) is 0. The number of nitrogens with zero attached hydrogens (tertiary/aromatic N) is 2. The predicted molar refractivity (Wildman–Crippen MR) is 144 cm³/mol. The van der Waals surface area contributed by atoms with E-state index in [9.17, 15) is 9.59 Å². The van der Waals surface area contributed by atoms with Gasteiger partial charge < -0.3 is 4.90 Å². The highest BCUT2D eigenvalue weighted by Gasteiger charge is 2.31. The summed E-state index contributed by atoms with van der Waals surface area (Å²) in [5.74, 6) is 0.760. The van der Waals surface area contributed by atoms with Gasteiger partial charge in [-0.15, -0.1) is 0 Å². The van der Waals surface area contributed by atoms with E-state index in [0.717, 1.165) is 37.9 Å². The Morgan fingerprint density at radius 3 is 2.41 bits per heavy atom. The molecular weight excluding hydrogens is 460 g/mol. The minimum atomic E-state index is -0.0677. The molecule has 2 aliphatic rings. The largest absolute Gasteiger partial charge is 0.343 e. The third-order valence-electron chi connectivity index (χ3n) is 6.32. The van der Waals surface area contributed by atoms with Gasteiger partial charge in [-0.2, -0.15) is 0 Å². The highest BCUT2D eigenvalue weighted by atomic mass is 32.2. The first-order valence-corrected chi connectivity index (χ1v) is 13.1. The van der Waals surface area contributed by atoms with Crippen LogP contribution in [0.1, 0.15) is 36.8 Å². The fourth-order valence-electron chi connectivity index (χ4n) is 4.40. The van der Waals surface area contributed by atoms with Gasteiger partial charge in [0.05, 0.1) is 4.91 Å². The maximum absolute atomic E-state index is 12.7. The second-order valence-corrected chi connectivity index (χ2v) is 10.4. The zero-order valence-electron chi connectivity index (χ0n) is 19.3. The van der Waals surface area contributed by atoms with Crippen molar-refractivity contribution in [2.45, 2.75) is 32.1 Å². The van der Waals surface area contributed by atoms with E-state index >= 15 is 0 Å². The van der Waals surface area contributed by atoms with Crippen molar-refractivity contribution in [1.82, 2.24) is 9.80 Å². The van der Waals surface area contributed by atoms with Crippen LogP contribution in [-0.2, 0) is 16.0 Å². The maximum atomic E-state index is 12.7. The first-order valence-electron chi connectivity index (χ1n) is 11.9. The molecule has 2 aliphatic heterocycles. The minimum absolute atomic E-state index is 0.0677. The van der Waals surface area contributed by atoms with Crippen LogP contribution in [0.4, 0.5) is 0 Å². The molecule has 2 amide bonds. The summed E-state index contributed by atoms with van der Waals surface area (Å²) >= 11 is 6.74. The van der Waals surface area contributed by atoms with Gasteiger partial charge in [0.1, 0.15) is 4.32 Å². The molecule has 0 spiro atoms. The number of hydrogen-bond acceptors (Lipinski definition) is 4. The van der Waals surface area contributed by atoms with E-state index in [-0.39, 0.29) is 11.8 Å². The van der Waals surface area contributed by atoms with Crippen molar-refractivity contribution in [3.8, 4) is 0 Å². The Bertz CT molecular complexity index is 1060. The van der Waals surface area contributed by atoms with Gasteiger partial charge >= 0.3 is 0 Å². The van der Waals surface area contributed by atoms with Crippen molar-refractivity contribution in [3.63, 3.8) is 0 Å². The lowest BCUT2D eigenvalue weighted by molar-refractivity contribution is -0.133. The minimum Gasteiger partial charge on any atom is -0.343 e. The normalized spacial score (nSPS) is 18.4. The monoisotopic (exact) mass is 490 g/mol. The van der Waals surface area contributed by atoms with Gasteiger partial charge in [-0.05, 0) is 48.8 Å². The van der Waals surface area contributed by atoms with Crippen LogP contribution in [0.3, 0.4) is 0 Å². The van der Waals surface area contributed by atoms with Gasteiger partial charge in [-0.25, -0.2) is 0 Å². The molecule has 2 aromatic rings. The number of carbonyl (C=O) groups is 2. The third-order valence-corrected chi connectivity index (χ3v) is 7.71. The molecule has 4 rings (SSSR count). The van der Waals surface area contributed by atoms with Crippen LogP contribution in [0.5, 0.6) is 0 Å². The zero-order chi connectivity index (χ0) is 23.8. The van der Waals surface area contributed by atoms with Crippen LogP contribution in [-0.4, -0.2) is 45.6 Å². The zero-order valence-corrected chi connectivity index (χ0v) is 20.9. The van der Waals surface area contributed by atoms with E-state index in [0.29, 0.717) is 34.5 Å². The highest BCUT2D eigenvalue weighted by Crippen LogP contribution is 2.31. The Hall–Kier alpha value is -2.70. The van der Waals surface area contributed by atoms with Crippen LogP contribution >= 0.6 is 24.0 Å². The Labute approximate surface area is 211 Å². The van der Waals surface area contributed by atoms with E-state index in [2.05, 4.69) is 24.3 Å². The molecule has 0 atom stereocenters. The third kappa shape index (κ3) is 6.67. The number of amides is 2. The molecule has 34 heavy (non-hydrogen) atoms. The van der Waals surface area contributed by atoms with Crippen LogP contribution in [0.2, 0.25) is 0 Å². The molecule has 0 aliphatic carbocycles. The fourth-order valence-corrected chi connectivity index (χ4v) is 5.66. The smallest absolute Gasteiger partial charge is 0.266 e. The summed E-state index contributed by atoms with van der Waals surface area (Å²) in [6, 6.07) is 20.5. The lowest BCUT2D eigenvalue weighted by atomic mass is 9.90. The Balaban J connectivity index is 1.19. The lowest BCUT2D eigenvalue weighted by Crippen LogP contribution is -2.39. The molecule has 0 bridgehead atoms. The van der Waals surface area contributed by atoms with Gasteiger partial charge in [-0.3, -0.25) is 14.5 Å². The first kappa shape index (κ1) is 24.4. The summed E-state index contributed by atoms with van der Waals surface area (Å²) in [6.45, 7) is 2.14. The van der Waals surface area contributed by atoms with Crippen LogP contribution < -0.4 is 0 Å².